The number of rotatable bonds is 5. The molecule has 1 saturated heterocycles. The van der Waals surface area contributed by atoms with Gasteiger partial charge < -0.3 is 24.8 Å². The smallest absolute Gasteiger partial charge is 0.410 e. The molecule has 1 aliphatic heterocycles. The summed E-state index contributed by atoms with van der Waals surface area (Å²) in [5, 5.41) is 31.3. The Hall–Kier alpha value is -2.32. The van der Waals surface area contributed by atoms with Crippen molar-refractivity contribution in [2.45, 2.75) is 37.7 Å². The molecule has 8 heteroatoms. The van der Waals surface area contributed by atoms with Crippen molar-refractivity contribution in [3.05, 3.63) is 64.2 Å². The van der Waals surface area contributed by atoms with Crippen molar-refractivity contribution in [1.82, 2.24) is 4.90 Å². The van der Waals surface area contributed by atoms with Crippen LogP contribution in [0, 0.1) is 0 Å². The number of amides is 1. The van der Waals surface area contributed by atoms with Crippen molar-refractivity contribution < 1.29 is 29.6 Å². The van der Waals surface area contributed by atoms with Crippen LogP contribution in [-0.2, 0) is 11.2 Å². The fourth-order valence-corrected chi connectivity index (χ4v) is 3.89. The average Bonchev–Trinajstić information content (AvgIpc) is 2.74. The third-order valence-electron chi connectivity index (χ3n) is 5.24. The highest BCUT2D eigenvalue weighted by Gasteiger charge is 2.44. The Kier molecular flexibility index (Phi) is 7.20. The molecule has 3 N–H and O–H groups in total. The Balaban J connectivity index is 1.91. The van der Waals surface area contributed by atoms with E-state index in [1.165, 1.54) is 12.0 Å². The van der Waals surface area contributed by atoms with Crippen molar-refractivity contribution in [3.63, 3.8) is 0 Å². The van der Waals surface area contributed by atoms with Crippen molar-refractivity contribution in [3.8, 4) is 5.75 Å². The summed E-state index contributed by atoms with van der Waals surface area (Å²) in [4.78, 5) is 13.5. The quantitative estimate of drug-likeness (QED) is 0.667. The standard InChI is InChI=1S/C22H26ClNO6/c1-3-30-16-7-4-13(5-8-16)10-15-11-14(6-9-17(15)23)19-21(27)20(26)18(25)12-24(19)22(28)29-2/h4-9,11,18-21,25-27H,3,10,12H2,1-2H3. The van der Waals surface area contributed by atoms with Crippen LogP contribution in [0.5, 0.6) is 5.75 Å². The van der Waals surface area contributed by atoms with Crippen LogP contribution in [0.3, 0.4) is 0 Å². The number of halogens is 1. The number of nitrogens with zero attached hydrogens (tertiary/aromatic N) is 1. The molecule has 3 rings (SSSR count). The van der Waals surface area contributed by atoms with E-state index in [1.807, 2.05) is 31.2 Å². The van der Waals surface area contributed by atoms with Crippen molar-refractivity contribution >= 4 is 17.7 Å². The molecule has 0 aliphatic carbocycles. The molecule has 162 valence electrons. The molecule has 0 bridgehead atoms. The molecule has 1 heterocycles. The summed E-state index contributed by atoms with van der Waals surface area (Å²) in [6.07, 6.45) is -4.21. The van der Waals surface area contributed by atoms with Gasteiger partial charge in [-0.3, -0.25) is 4.90 Å². The van der Waals surface area contributed by atoms with E-state index in [4.69, 9.17) is 21.1 Å². The highest BCUT2D eigenvalue weighted by atomic mass is 35.5. The summed E-state index contributed by atoms with van der Waals surface area (Å²) in [7, 11) is 1.22. The number of carbonyl (C=O) groups is 1. The fraction of sp³-hybridized carbons (Fsp3) is 0.409. The van der Waals surface area contributed by atoms with Gasteiger partial charge in [-0.1, -0.05) is 35.9 Å². The number of aliphatic hydroxyl groups is 3. The Labute approximate surface area is 180 Å². The topological polar surface area (TPSA) is 99.5 Å². The van der Waals surface area contributed by atoms with Gasteiger partial charge in [0.15, 0.2) is 0 Å². The summed E-state index contributed by atoms with van der Waals surface area (Å²) in [6.45, 7) is 2.35. The van der Waals surface area contributed by atoms with Crippen molar-refractivity contribution in [2.24, 2.45) is 0 Å². The number of benzene rings is 2. The Morgan fingerprint density at radius 1 is 1.13 bits per heavy atom. The lowest BCUT2D eigenvalue weighted by Crippen LogP contribution is -2.58. The van der Waals surface area contributed by atoms with Crippen LogP contribution in [0.4, 0.5) is 4.79 Å². The summed E-state index contributed by atoms with van der Waals surface area (Å²) < 4.78 is 10.3. The highest BCUT2D eigenvalue weighted by molar-refractivity contribution is 6.31. The first-order chi connectivity index (χ1) is 14.3. The molecule has 2 aromatic rings. The lowest BCUT2D eigenvalue weighted by atomic mass is 9.88. The number of likely N-dealkylation sites (tertiary alicyclic amines) is 1. The minimum Gasteiger partial charge on any atom is -0.494 e. The van der Waals surface area contributed by atoms with E-state index in [0.717, 1.165) is 16.9 Å². The maximum atomic E-state index is 12.2. The number of ether oxygens (including phenoxy) is 2. The maximum absolute atomic E-state index is 12.2. The summed E-state index contributed by atoms with van der Waals surface area (Å²) in [5.74, 6) is 0.785. The number of piperidine rings is 1. The number of aliphatic hydroxyl groups excluding tert-OH is 3. The van der Waals surface area contributed by atoms with Crippen LogP contribution in [0.1, 0.15) is 29.7 Å². The highest BCUT2D eigenvalue weighted by Crippen LogP contribution is 2.34. The molecule has 0 aromatic heterocycles. The predicted molar refractivity (Wildman–Crippen MR) is 112 cm³/mol. The maximum Gasteiger partial charge on any atom is 0.410 e. The number of β-amino-alcohol motifs (C(OH)–C–C–N with tert-alkyl or cyclic N) is 1. The summed E-state index contributed by atoms with van der Waals surface area (Å²) in [6, 6.07) is 12.0. The lowest BCUT2D eigenvalue weighted by Gasteiger charge is -2.43. The van der Waals surface area contributed by atoms with Gasteiger partial charge in [-0.05, 0) is 48.2 Å². The minimum atomic E-state index is -1.39. The van der Waals surface area contributed by atoms with Gasteiger partial charge >= 0.3 is 6.09 Å². The number of methoxy groups -OCH3 is 1. The second kappa shape index (κ2) is 9.66. The molecule has 4 unspecified atom stereocenters. The van der Waals surface area contributed by atoms with E-state index in [1.54, 1.807) is 18.2 Å². The Morgan fingerprint density at radius 3 is 2.47 bits per heavy atom. The second-order valence-corrected chi connectivity index (χ2v) is 7.63. The van der Waals surface area contributed by atoms with Crippen molar-refractivity contribution in [1.29, 1.82) is 0 Å². The normalized spacial score (nSPS) is 23.9. The SMILES string of the molecule is CCOc1ccc(Cc2cc(C3C(O)C(O)C(O)CN3C(=O)OC)ccc2Cl)cc1. The zero-order valence-electron chi connectivity index (χ0n) is 16.9. The zero-order chi connectivity index (χ0) is 21.8. The van der Waals surface area contributed by atoms with Crippen LogP contribution < -0.4 is 4.74 Å². The molecule has 1 amide bonds. The molecule has 7 nitrogen and oxygen atoms in total. The molecule has 1 aliphatic rings. The average molecular weight is 436 g/mol. The number of carbonyl (C=O) groups excluding carboxylic acids is 1. The second-order valence-electron chi connectivity index (χ2n) is 7.22. The van der Waals surface area contributed by atoms with Crippen LogP contribution in [0.15, 0.2) is 42.5 Å². The van der Waals surface area contributed by atoms with Gasteiger partial charge in [0.25, 0.3) is 0 Å². The van der Waals surface area contributed by atoms with Gasteiger partial charge in [0, 0.05) is 5.02 Å². The van der Waals surface area contributed by atoms with E-state index >= 15 is 0 Å². The first kappa shape index (κ1) is 22.4. The predicted octanol–water partition coefficient (Wildman–Crippen LogP) is 2.54. The lowest BCUT2D eigenvalue weighted by molar-refractivity contribution is -0.131. The van der Waals surface area contributed by atoms with E-state index < -0.39 is 30.4 Å². The van der Waals surface area contributed by atoms with Gasteiger partial charge in [0.05, 0.1) is 26.3 Å². The van der Waals surface area contributed by atoms with Gasteiger partial charge in [-0.15, -0.1) is 0 Å². The van der Waals surface area contributed by atoms with Gasteiger partial charge in [0.2, 0.25) is 0 Å². The zero-order valence-corrected chi connectivity index (χ0v) is 17.6. The molecule has 1 fully saturated rings. The third kappa shape index (κ3) is 4.70. The van der Waals surface area contributed by atoms with Crippen LogP contribution in [0.25, 0.3) is 0 Å². The fourth-order valence-electron chi connectivity index (χ4n) is 3.71. The van der Waals surface area contributed by atoms with Gasteiger partial charge in [0.1, 0.15) is 24.1 Å². The van der Waals surface area contributed by atoms with E-state index in [-0.39, 0.29) is 6.54 Å². The van der Waals surface area contributed by atoms with E-state index in [2.05, 4.69) is 0 Å². The molecule has 0 radical (unpaired) electrons. The monoisotopic (exact) mass is 435 g/mol. The largest absolute Gasteiger partial charge is 0.494 e. The third-order valence-corrected chi connectivity index (χ3v) is 5.61. The van der Waals surface area contributed by atoms with E-state index in [0.29, 0.717) is 23.6 Å². The van der Waals surface area contributed by atoms with E-state index in [9.17, 15) is 20.1 Å². The molecule has 4 atom stereocenters. The van der Waals surface area contributed by atoms with Gasteiger partial charge in [-0.25, -0.2) is 4.79 Å². The first-order valence-electron chi connectivity index (χ1n) is 9.74. The number of hydrogen-bond acceptors (Lipinski definition) is 6. The van der Waals surface area contributed by atoms with Crippen LogP contribution in [-0.4, -0.2) is 64.9 Å². The molecule has 0 spiro atoms. The van der Waals surface area contributed by atoms with Crippen LogP contribution in [0.2, 0.25) is 5.02 Å². The molecule has 0 saturated carbocycles. The van der Waals surface area contributed by atoms with Gasteiger partial charge in [-0.2, -0.15) is 0 Å². The first-order valence-corrected chi connectivity index (χ1v) is 10.1. The molecule has 2 aromatic carbocycles. The van der Waals surface area contributed by atoms with Crippen molar-refractivity contribution in [2.75, 3.05) is 20.3 Å². The summed E-state index contributed by atoms with van der Waals surface area (Å²) >= 11 is 6.40. The molecular weight excluding hydrogens is 410 g/mol. The molecule has 30 heavy (non-hydrogen) atoms. The Bertz CT molecular complexity index is 874. The Morgan fingerprint density at radius 2 is 1.83 bits per heavy atom. The summed E-state index contributed by atoms with van der Waals surface area (Å²) in [5.41, 5.74) is 2.40. The minimum absolute atomic E-state index is 0.160. The number of hydrogen-bond donors (Lipinski definition) is 3. The van der Waals surface area contributed by atoms with Crippen LogP contribution >= 0.6 is 11.6 Å². The molecular formula is C22H26ClNO6.